The molecule has 1 unspecified atom stereocenters. The highest BCUT2D eigenvalue weighted by Crippen LogP contribution is 2.33. The standard InChI is InChI=1S/C24H27N3O/c1-17-13-20(22(16-25)26-5)15-21(28-17)10-8-18-9-11-23-19(14-18)7-6-12-27(23)24(2,3)4/h8-11,14-15,17H,6-7,12-13H2,1-4H3/b10-8+,22-20-. The van der Waals surface area contributed by atoms with Crippen LogP contribution in [0.2, 0.25) is 0 Å². The van der Waals surface area contributed by atoms with Crippen molar-refractivity contribution in [1.29, 1.82) is 5.26 Å². The molecule has 28 heavy (non-hydrogen) atoms. The molecule has 0 amide bonds. The maximum Gasteiger partial charge on any atom is 0.265 e. The van der Waals surface area contributed by atoms with Crippen LogP contribution in [0.15, 0.2) is 47.4 Å². The molecular formula is C24H27N3O. The van der Waals surface area contributed by atoms with Gasteiger partial charge < -0.3 is 9.64 Å². The largest absolute Gasteiger partial charge is 0.490 e. The van der Waals surface area contributed by atoms with Crippen LogP contribution in [0.1, 0.15) is 51.7 Å². The lowest BCUT2D eigenvalue weighted by Crippen LogP contribution is -2.44. The summed E-state index contributed by atoms with van der Waals surface area (Å²) in [5, 5.41) is 9.14. The van der Waals surface area contributed by atoms with E-state index in [1.54, 1.807) is 0 Å². The topological polar surface area (TPSA) is 40.6 Å². The Bertz CT molecular complexity index is 916. The maximum atomic E-state index is 9.14. The van der Waals surface area contributed by atoms with Gasteiger partial charge in [-0.15, -0.1) is 0 Å². The van der Waals surface area contributed by atoms with E-state index in [0.29, 0.717) is 12.2 Å². The SMILES string of the molecule is [C-]#[N+]/C(C#N)=C1C=C(/C=C/c2ccc3c(c2)CCCN3C(C)(C)C)OC(C)C\1. The second-order valence-corrected chi connectivity index (χ2v) is 8.42. The highest BCUT2D eigenvalue weighted by Gasteiger charge is 2.26. The Morgan fingerprint density at radius 1 is 1.36 bits per heavy atom. The van der Waals surface area contributed by atoms with E-state index in [1.807, 2.05) is 31.2 Å². The van der Waals surface area contributed by atoms with Crippen molar-refractivity contribution in [3.8, 4) is 6.07 Å². The number of benzene rings is 1. The molecule has 3 rings (SSSR count). The molecule has 144 valence electrons. The quantitative estimate of drug-likeness (QED) is 0.497. The summed E-state index contributed by atoms with van der Waals surface area (Å²) in [6, 6.07) is 8.60. The van der Waals surface area contributed by atoms with Crippen LogP contribution in [-0.2, 0) is 11.2 Å². The number of nitriles is 1. The molecule has 4 heteroatoms. The molecule has 4 nitrogen and oxygen atoms in total. The van der Waals surface area contributed by atoms with Gasteiger partial charge in [0.05, 0.1) is 18.7 Å². The molecule has 2 heterocycles. The van der Waals surface area contributed by atoms with Gasteiger partial charge in [0.25, 0.3) is 5.70 Å². The smallest absolute Gasteiger partial charge is 0.265 e. The molecule has 0 saturated heterocycles. The first-order chi connectivity index (χ1) is 13.3. The first kappa shape index (κ1) is 19.8. The van der Waals surface area contributed by atoms with Crippen molar-refractivity contribution in [2.45, 2.75) is 58.6 Å². The van der Waals surface area contributed by atoms with Gasteiger partial charge in [0.2, 0.25) is 0 Å². The van der Waals surface area contributed by atoms with E-state index in [4.69, 9.17) is 16.6 Å². The molecule has 1 aromatic rings. The fraction of sp³-hybridized carbons (Fsp3) is 0.417. The van der Waals surface area contributed by atoms with Gasteiger partial charge in [0.15, 0.2) is 0 Å². The highest BCUT2D eigenvalue weighted by atomic mass is 16.5. The van der Waals surface area contributed by atoms with Crippen molar-refractivity contribution in [2.24, 2.45) is 0 Å². The normalized spacial score (nSPS) is 21.3. The summed E-state index contributed by atoms with van der Waals surface area (Å²) in [7, 11) is 0. The second kappa shape index (κ2) is 7.95. The summed E-state index contributed by atoms with van der Waals surface area (Å²) in [6.07, 6.45) is 8.60. The second-order valence-electron chi connectivity index (χ2n) is 8.42. The number of nitrogens with zero attached hydrogens (tertiary/aromatic N) is 3. The number of fused-ring (bicyclic) bond motifs is 1. The number of hydrogen-bond acceptors (Lipinski definition) is 3. The average Bonchev–Trinajstić information content (AvgIpc) is 2.65. The summed E-state index contributed by atoms with van der Waals surface area (Å²) in [4.78, 5) is 5.82. The summed E-state index contributed by atoms with van der Waals surface area (Å²) in [5.41, 5.74) is 4.87. The van der Waals surface area contributed by atoms with Crippen LogP contribution in [-0.4, -0.2) is 18.2 Å². The molecule has 0 radical (unpaired) electrons. The Morgan fingerprint density at radius 2 is 2.14 bits per heavy atom. The van der Waals surface area contributed by atoms with Crippen molar-refractivity contribution < 1.29 is 4.74 Å². The van der Waals surface area contributed by atoms with Gasteiger partial charge in [-0.1, -0.05) is 12.1 Å². The number of anilines is 1. The van der Waals surface area contributed by atoms with E-state index in [0.717, 1.165) is 24.1 Å². The molecule has 1 atom stereocenters. The minimum absolute atomic E-state index is 0.0476. The molecule has 0 aromatic heterocycles. The van der Waals surface area contributed by atoms with E-state index in [2.05, 4.69) is 48.7 Å². The monoisotopic (exact) mass is 373 g/mol. The lowest BCUT2D eigenvalue weighted by atomic mass is 9.94. The Hall–Kier alpha value is -2.98. The van der Waals surface area contributed by atoms with E-state index >= 15 is 0 Å². The zero-order valence-electron chi connectivity index (χ0n) is 17.1. The Balaban J connectivity index is 1.87. The fourth-order valence-corrected chi connectivity index (χ4v) is 3.87. The minimum Gasteiger partial charge on any atom is -0.490 e. The van der Waals surface area contributed by atoms with Crippen LogP contribution in [0.5, 0.6) is 0 Å². The van der Waals surface area contributed by atoms with Crippen LogP contribution in [0.25, 0.3) is 10.9 Å². The molecule has 2 aliphatic heterocycles. The van der Waals surface area contributed by atoms with Crippen LogP contribution in [0.3, 0.4) is 0 Å². The molecule has 0 aliphatic carbocycles. The van der Waals surface area contributed by atoms with E-state index in [-0.39, 0.29) is 17.3 Å². The molecule has 0 saturated carbocycles. The van der Waals surface area contributed by atoms with Gasteiger partial charge in [-0.05, 0) is 81.5 Å². The van der Waals surface area contributed by atoms with Gasteiger partial charge in [0.1, 0.15) is 5.76 Å². The van der Waals surface area contributed by atoms with Gasteiger partial charge in [-0.3, -0.25) is 0 Å². The van der Waals surface area contributed by atoms with Gasteiger partial charge in [-0.2, -0.15) is 0 Å². The lowest BCUT2D eigenvalue weighted by Gasteiger charge is -2.41. The number of allylic oxidation sites excluding steroid dienone is 3. The van der Waals surface area contributed by atoms with Crippen LogP contribution < -0.4 is 4.90 Å². The van der Waals surface area contributed by atoms with E-state index in [9.17, 15) is 0 Å². The van der Waals surface area contributed by atoms with Gasteiger partial charge in [-0.25, -0.2) is 10.1 Å². The molecule has 0 bridgehead atoms. The lowest BCUT2D eigenvalue weighted by molar-refractivity contribution is 0.133. The molecule has 0 fully saturated rings. The van der Waals surface area contributed by atoms with Crippen molar-refractivity contribution >= 4 is 11.8 Å². The van der Waals surface area contributed by atoms with Crippen molar-refractivity contribution in [3.63, 3.8) is 0 Å². The Kier molecular flexibility index (Phi) is 5.61. The molecule has 1 aromatic carbocycles. The third kappa shape index (κ3) is 4.29. The Morgan fingerprint density at radius 3 is 2.82 bits per heavy atom. The maximum absolute atomic E-state index is 9.14. The highest BCUT2D eigenvalue weighted by molar-refractivity contribution is 5.64. The van der Waals surface area contributed by atoms with Crippen molar-refractivity contribution in [3.05, 3.63) is 69.9 Å². The average molecular weight is 374 g/mol. The summed E-state index contributed by atoms with van der Waals surface area (Å²) in [5.74, 6) is 0.694. The number of rotatable bonds is 2. The first-order valence-corrected chi connectivity index (χ1v) is 9.79. The third-order valence-corrected chi connectivity index (χ3v) is 5.15. The summed E-state index contributed by atoms with van der Waals surface area (Å²) in [6.45, 7) is 17.0. The predicted molar refractivity (Wildman–Crippen MR) is 113 cm³/mol. The molecule has 2 aliphatic rings. The minimum atomic E-state index is -0.0476. The van der Waals surface area contributed by atoms with Crippen LogP contribution in [0, 0.1) is 17.9 Å². The molecule has 0 spiro atoms. The summed E-state index contributed by atoms with van der Waals surface area (Å²) >= 11 is 0. The number of aryl methyl sites for hydroxylation is 1. The molecule has 0 N–H and O–H groups in total. The Labute approximate surface area is 168 Å². The zero-order chi connectivity index (χ0) is 20.3. The summed E-state index contributed by atoms with van der Waals surface area (Å²) < 4.78 is 5.87. The van der Waals surface area contributed by atoms with Crippen molar-refractivity contribution in [2.75, 3.05) is 11.4 Å². The van der Waals surface area contributed by atoms with Crippen molar-refractivity contribution in [1.82, 2.24) is 0 Å². The fourth-order valence-electron chi connectivity index (χ4n) is 3.87. The van der Waals surface area contributed by atoms with Crippen LogP contribution >= 0.6 is 0 Å². The van der Waals surface area contributed by atoms with E-state index in [1.165, 1.54) is 17.7 Å². The van der Waals surface area contributed by atoms with Crippen LogP contribution in [0.4, 0.5) is 5.69 Å². The zero-order valence-corrected chi connectivity index (χ0v) is 17.1. The number of hydrogen-bond donors (Lipinski definition) is 0. The molecular weight excluding hydrogens is 346 g/mol. The first-order valence-electron chi connectivity index (χ1n) is 9.79. The van der Waals surface area contributed by atoms with Gasteiger partial charge in [0, 0.05) is 24.2 Å². The predicted octanol–water partition coefficient (Wildman–Crippen LogP) is 5.64. The third-order valence-electron chi connectivity index (χ3n) is 5.15. The van der Waals surface area contributed by atoms with E-state index < -0.39 is 0 Å². The van der Waals surface area contributed by atoms with Gasteiger partial charge >= 0.3 is 0 Å². The number of ether oxygens (including phenoxy) is 1.